The third-order valence-corrected chi connectivity index (χ3v) is 2.99. The molecule has 1 N–H and O–H groups in total. The van der Waals surface area contributed by atoms with Crippen molar-refractivity contribution in [2.24, 2.45) is 0 Å². The topological polar surface area (TPSA) is 29.5 Å². The molecule has 17 heavy (non-hydrogen) atoms. The Labute approximate surface area is 100 Å². The Morgan fingerprint density at radius 1 is 1.00 bits per heavy atom. The number of hydrogen-bond donors (Lipinski definition) is 1. The molecule has 0 heterocycles. The molecule has 1 aliphatic carbocycles. The maximum absolute atomic E-state index is 9.54. The average molecular weight is 226 g/mol. The van der Waals surface area contributed by atoms with Crippen molar-refractivity contribution in [1.82, 2.24) is 0 Å². The predicted molar refractivity (Wildman–Crippen MR) is 66.6 cm³/mol. The van der Waals surface area contributed by atoms with Crippen LogP contribution in [0.15, 0.2) is 48.5 Å². The van der Waals surface area contributed by atoms with Gasteiger partial charge in [0.25, 0.3) is 0 Å². The minimum Gasteiger partial charge on any atom is -0.508 e. The van der Waals surface area contributed by atoms with Gasteiger partial charge >= 0.3 is 0 Å². The van der Waals surface area contributed by atoms with Gasteiger partial charge in [0.1, 0.15) is 17.2 Å². The molecule has 3 rings (SSSR count). The molecule has 0 atom stereocenters. The minimum absolute atomic E-state index is 0.250. The standard InChI is InChI=1S/C15H14O2/c16-12-8-9-14(11-6-7-11)15(10-12)17-13-4-2-1-3-5-13/h1-5,8-11,16H,6-7H2. The second-order valence-corrected chi connectivity index (χ2v) is 4.41. The maximum atomic E-state index is 9.54. The Kier molecular flexibility index (Phi) is 2.48. The molecule has 0 radical (unpaired) electrons. The molecule has 0 spiro atoms. The van der Waals surface area contributed by atoms with Crippen LogP contribution < -0.4 is 4.74 Å². The van der Waals surface area contributed by atoms with E-state index in [1.165, 1.54) is 18.4 Å². The fourth-order valence-electron chi connectivity index (χ4n) is 1.96. The van der Waals surface area contributed by atoms with Crippen LogP contribution in [0.1, 0.15) is 24.3 Å². The van der Waals surface area contributed by atoms with Crippen molar-refractivity contribution in [3.05, 3.63) is 54.1 Å². The second-order valence-electron chi connectivity index (χ2n) is 4.41. The smallest absolute Gasteiger partial charge is 0.134 e. The minimum atomic E-state index is 0.250. The number of ether oxygens (including phenoxy) is 1. The van der Waals surface area contributed by atoms with Crippen LogP contribution in [-0.4, -0.2) is 5.11 Å². The van der Waals surface area contributed by atoms with Gasteiger partial charge in [0.15, 0.2) is 0 Å². The van der Waals surface area contributed by atoms with Gasteiger partial charge in [0.05, 0.1) is 0 Å². The number of benzene rings is 2. The molecule has 2 heteroatoms. The summed E-state index contributed by atoms with van der Waals surface area (Å²) in [5.41, 5.74) is 1.20. The monoisotopic (exact) mass is 226 g/mol. The molecule has 86 valence electrons. The largest absolute Gasteiger partial charge is 0.508 e. The molecule has 2 aromatic carbocycles. The Balaban J connectivity index is 1.93. The van der Waals surface area contributed by atoms with Crippen molar-refractivity contribution in [2.75, 3.05) is 0 Å². The number of phenols is 1. The van der Waals surface area contributed by atoms with E-state index in [2.05, 4.69) is 0 Å². The van der Waals surface area contributed by atoms with Crippen LogP contribution in [0.5, 0.6) is 17.2 Å². The highest BCUT2D eigenvalue weighted by atomic mass is 16.5. The lowest BCUT2D eigenvalue weighted by molar-refractivity contribution is 0.451. The quantitative estimate of drug-likeness (QED) is 0.855. The number of para-hydroxylation sites is 1. The summed E-state index contributed by atoms with van der Waals surface area (Å²) in [5.74, 6) is 2.44. The normalized spacial score (nSPS) is 14.6. The molecule has 1 aliphatic rings. The molecule has 1 saturated carbocycles. The van der Waals surface area contributed by atoms with Crippen LogP contribution in [0.3, 0.4) is 0 Å². The highest BCUT2D eigenvalue weighted by Crippen LogP contribution is 2.46. The highest BCUT2D eigenvalue weighted by molar-refractivity contribution is 5.46. The summed E-state index contributed by atoms with van der Waals surface area (Å²) >= 11 is 0. The number of aromatic hydroxyl groups is 1. The summed E-state index contributed by atoms with van der Waals surface area (Å²) in [7, 11) is 0. The van der Waals surface area contributed by atoms with Crippen molar-refractivity contribution in [3.63, 3.8) is 0 Å². The molecule has 0 aromatic heterocycles. The summed E-state index contributed by atoms with van der Waals surface area (Å²) in [6, 6.07) is 15.1. The van der Waals surface area contributed by atoms with Crippen LogP contribution >= 0.6 is 0 Å². The Morgan fingerprint density at radius 2 is 1.76 bits per heavy atom. The van der Waals surface area contributed by atoms with Gasteiger partial charge in [-0.05, 0) is 42.5 Å². The first-order chi connectivity index (χ1) is 8.33. The van der Waals surface area contributed by atoms with Crippen molar-refractivity contribution >= 4 is 0 Å². The Bertz CT molecular complexity index is 516. The molecule has 2 aromatic rings. The van der Waals surface area contributed by atoms with Crippen LogP contribution in [0.4, 0.5) is 0 Å². The van der Waals surface area contributed by atoms with Gasteiger partial charge in [-0.25, -0.2) is 0 Å². The van der Waals surface area contributed by atoms with Gasteiger partial charge in [-0.1, -0.05) is 24.3 Å². The molecular formula is C15H14O2. The molecule has 0 saturated heterocycles. The van der Waals surface area contributed by atoms with Crippen molar-refractivity contribution in [2.45, 2.75) is 18.8 Å². The fourth-order valence-corrected chi connectivity index (χ4v) is 1.96. The fraction of sp³-hybridized carbons (Fsp3) is 0.200. The van der Waals surface area contributed by atoms with E-state index >= 15 is 0 Å². The molecular weight excluding hydrogens is 212 g/mol. The van der Waals surface area contributed by atoms with E-state index < -0.39 is 0 Å². The maximum Gasteiger partial charge on any atom is 0.134 e. The van der Waals surface area contributed by atoms with E-state index in [9.17, 15) is 5.11 Å². The van der Waals surface area contributed by atoms with E-state index in [4.69, 9.17) is 4.74 Å². The van der Waals surface area contributed by atoms with Gasteiger partial charge in [-0.2, -0.15) is 0 Å². The van der Waals surface area contributed by atoms with Gasteiger partial charge in [0.2, 0.25) is 0 Å². The van der Waals surface area contributed by atoms with Gasteiger partial charge in [-0.3, -0.25) is 0 Å². The van der Waals surface area contributed by atoms with Crippen molar-refractivity contribution < 1.29 is 9.84 Å². The van der Waals surface area contributed by atoms with Crippen LogP contribution in [0, 0.1) is 0 Å². The van der Waals surface area contributed by atoms with Crippen molar-refractivity contribution in [1.29, 1.82) is 0 Å². The van der Waals surface area contributed by atoms with Crippen LogP contribution in [0.2, 0.25) is 0 Å². The average Bonchev–Trinajstić information content (AvgIpc) is 3.15. The third-order valence-electron chi connectivity index (χ3n) is 2.99. The zero-order valence-electron chi connectivity index (χ0n) is 9.47. The first-order valence-corrected chi connectivity index (χ1v) is 5.89. The zero-order valence-corrected chi connectivity index (χ0v) is 9.47. The van der Waals surface area contributed by atoms with E-state index in [1.54, 1.807) is 12.1 Å². The van der Waals surface area contributed by atoms with Crippen LogP contribution in [-0.2, 0) is 0 Å². The van der Waals surface area contributed by atoms with E-state index in [-0.39, 0.29) is 5.75 Å². The molecule has 0 aliphatic heterocycles. The van der Waals surface area contributed by atoms with Crippen LogP contribution in [0.25, 0.3) is 0 Å². The third kappa shape index (κ3) is 2.26. The summed E-state index contributed by atoms with van der Waals surface area (Å²) in [6.45, 7) is 0. The summed E-state index contributed by atoms with van der Waals surface area (Å²) in [4.78, 5) is 0. The lowest BCUT2D eigenvalue weighted by Crippen LogP contribution is -1.89. The summed E-state index contributed by atoms with van der Waals surface area (Å²) in [6.07, 6.45) is 2.44. The molecule has 1 fully saturated rings. The SMILES string of the molecule is Oc1ccc(C2CC2)c(Oc2ccccc2)c1. The Morgan fingerprint density at radius 3 is 2.47 bits per heavy atom. The van der Waals surface area contributed by atoms with E-state index in [1.807, 2.05) is 36.4 Å². The summed E-state index contributed by atoms with van der Waals surface area (Å²) in [5, 5.41) is 9.54. The van der Waals surface area contributed by atoms with Gasteiger partial charge < -0.3 is 9.84 Å². The highest BCUT2D eigenvalue weighted by Gasteiger charge is 2.27. The van der Waals surface area contributed by atoms with Gasteiger partial charge in [-0.15, -0.1) is 0 Å². The summed E-state index contributed by atoms with van der Waals surface area (Å²) < 4.78 is 5.83. The molecule has 0 bridgehead atoms. The number of hydrogen-bond acceptors (Lipinski definition) is 2. The lowest BCUT2D eigenvalue weighted by atomic mass is 10.1. The Hall–Kier alpha value is -1.96. The second kappa shape index (κ2) is 4.13. The molecule has 0 amide bonds. The number of phenolic OH excluding ortho intramolecular Hbond substituents is 1. The van der Waals surface area contributed by atoms with Gasteiger partial charge in [0, 0.05) is 6.07 Å². The number of rotatable bonds is 3. The lowest BCUT2D eigenvalue weighted by Gasteiger charge is -2.11. The first kappa shape index (κ1) is 10.2. The van der Waals surface area contributed by atoms with E-state index in [0.29, 0.717) is 5.92 Å². The van der Waals surface area contributed by atoms with E-state index in [0.717, 1.165) is 11.5 Å². The van der Waals surface area contributed by atoms with Crippen molar-refractivity contribution in [3.8, 4) is 17.2 Å². The first-order valence-electron chi connectivity index (χ1n) is 5.89. The molecule has 0 unspecified atom stereocenters. The zero-order chi connectivity index (χ0) is 11.7. The molecule has 2 nitrogen and oxygen atoms in total. The predicted octanol–water partition coefficient (Wildman–Crippen LogP) is 4.06.